The number of nitrogens with zero attached hydrogens (tertiary/aromatic N) is 3. The lowest BCUT2D eigenvalue weighted by Gasteiger charge is -2.13. The molecule has 6 heteroatoms. The van der Waals surface area contributed by atoms with Gasteiger partial charge in [-0.15, -0.1) is 0 Å². The number of anilines is 1. The average Bonchev–Trinajstić information content (AvgIpc) is 3.49. The molecule has 1 aliphatic rings. The average molecular weight is 450 g/mol. The summed E-state index contributed by atoms with van der Waals surface area (Å²) in [7, 11) is 0. The van der Waals surface area contributed by atoms with Crippen LogP contribution in [0.25, 0.3) is 17.3 Å². The Morgan fingerprint density at radius 1 is 0.971 bits per heavy atom. The summed E-state index contributed by atoms with van der Waals surface area (Å²) in [6.07, 6.45) is 4.92. The largest absolute Gasteiger partial charge is 0.447 e. The van der Waals surface area contributed by atoms with E-state index in [0.717, 1.165) is 22.4 Å². The molecule has 1 aliphatic heterocycles. The van der Waals surface area contributed by atoms with Crippen molar-refractivity contribution in [3.05, 3.63) is 114 Å². The fourth-order valence-electron chi connectivity index (χ4n) is 3.95. The zero-order chi connectivity index (χ0) is 23.3. The number of ketones is 1. The number of cyclic esters (lactones) is 1. The Kier molecular flexibility index (Phi) is 6.03. The number of rotatable bonds is 7. The number of hydrogen-bond acceptors (Lipinski definition) is 4. The molecular formula is C28H23N3O3. The number of amides is 1. The van der Waals surface area contributed by atoms with Gasteiger partial charge in [-0.25, -0.2) is 4.79 Å². The zero-order valence-corrected chi connectivity index (χ0v) is 18.5. The van der Waals surface area contributed by atoms with E-state index in [1.54, 1.807) is 36.4 Å². The van der Waals surface area contributed by atoms with E-state index in [9.17, 15) is 9.59 Å². The van der Waals surface area contributed by atoms with Crippen LogP contribution in [-0.4, -0.2) is 34.8 Å². The van der Waals surface area contributed by atoms with E-state index in [2.05, 4.69) is 12.1 Å². The van der Waals surface area contributed by atoms with Crippen molar-refractivity contribution < 1.29 is 14.3 Å². The van der Waals surface area contributed by atoms with Gasteiger partial charge in [0.25, 0.3) is 0 Å². The van der Waals surface area contributed by atoms with Gasteiger partial charge in [-0.2, -0.15) is 5.10 Å². The van der Waals surface area contributed by atoms with Crippen LogP contribution in [-0.2, 0) is 11.3 Å². The number of hydrogen-bond donors (Lipinski definition) is 0. The van der Waals surface area contributed by atoms with E-state index in [1.807, 2.05) is 59.4 Å². The number of carbonyl (C=O) groups excluding carboxylic acids is 2. The smallest absolute Gasteiger partial charge is 0.414 e. The van der Waals surface area contributed by atoms with Crippen molar-refractivity contribution in [1.29, 1.82) is 0 Å². The van der Waals surface area contributed by atoms with Crippen LogP contribution in [0, 0.1) is 0 Å². The highest BCUT2D eigenvalue weighted by Crippen LogP contribution is 2.25. The fraction of sp³-hybridized carbons (Fsp3) is 0.107. The third kappa shape index (κ3) is 4.66. The molecule has 1 amide bonds. The van der Waals surface area contributed by atoms with E-state index < -0.39 is 6.09 Å². The molecule has 0 N–H and O–H groups in total. The molecule has 0 atom stereocenters. The summed E-state index contributed by atoms with van der Waals surface area (Å²) in [5.74, 6) is -0.149. The maximum absolute atomic E-state index is 13.0. The van der Waals surface area contributed by atoms with Crippen LogP contribution in [0.1, 0.15) is 21.5 Å². The third-order valence-electron chi connectivity index (χ3n) is 5.64. The Morgan fingerprint density at radius 2 is 1.74 bits per heavy atom. The van der Waals surface area contributed by atoms with Gasteiger partial charge in [0, 0.05) is 28.6 Å². The summed E-state index contributed by atoms with van der Waals surface area (Å²) in [6.45, 7) is 1.47. The second kappa shape index (κ2) is 9.58. The molecule has 1 aromatic heterocycles. The van der Waals surface area contributed by atoms with Gasteiger partial charge in [-0.3, -0.25) is 14.4 Å². The molecule has 0 aliphatic carbocycles. The quantitative estimate of drug-likeness (QED) is 0.278. The van der Waals surface area contributed by atoms with Crippen LogP contribution < -0.4 is 4.90 Å². The number of ether oxygens (including phenoxy) is 1. The molecule has 1 fully saturated rings. The minimum Gasteiger partial charge on any atom is -0.447 e. The van der Waals surface area contributed by atoms with Crippen LogP contribution in [0.3, 0.4) is 0 Å². The maximum Gasteiger partial charge on any atom is 0.414 e. The number of carbonyl (C=O) groups is 2. The Morgan fingerprint density at radius 3 is 2.47 bits per heavy atom. The molecule has 0 unspecified atom stereocenters. The van der Waals surface area contributed by atoms with Gasteiger partial charge in [-0.05, 0) is 29.8 Å². The molecule has 2 heterocycles. The molecule has 6 nitrogen and oxygen atoms in total. The van der Waals surface area contributed by atoms with Gasteiger partial charge < -0.3 is 4.74 Å². The molecule has 0 radical (unpaired) electrons. The Hall–Kier alpha value is -4.45. The Bertz CT molecular complexity index is 1340. The lowest BCUT2D eigenvalue weighted by Crippen LogP contribution is -2.23. The first kappa shape index (κ1) is 21.4. The first-order valence-electron chi connectivity index (χ1n) is 11.1. The molecule has 5 rings (SSSR count). The topological polar surface area (TPSA) is 64.4 Å². The molecule has 34 heavy (non-hydrogen) atoms. The van der Waals surface area contributed by atoms with Crippen LogP contribution in [0.4, 0.5) is 10.5 Å². The standard InChI is InChI=1S/C28H23N3O3/c32-26(23-12-7-13-25(18-23)31-16-17-34-28(31)33)15-14-24-20-30(19-21-8-3-1-4-9-21)29-27(24)22-10-5-2-6-11-22/h1-15,18,20H,16-17,19H2. The summed E-state index contributed by atoms with van der Waals surface area (Å²) in [6, 6.07) is 27.1. The van der Waals surface area contributed by atoms with Gasteiger partial charge >= 0.3 is 6.09 Å². The van der Waals surface area contributed by atoms with Crippen LogP contribution in [0.2, 0.25) is 0 Å². The lowest BCUT2D eigenvalue weighted by molar-refractivity contribution is 0.104. The molecule has 4 aromatic rings. The number of allylic oxidation sites excluding steroid dienone is 1. The predicted molar refractivity (Wildman–Crippen MR) is 132 cm³/mol. The predicted octanol–water partition coefficient (Wildman–Crippen LogP) is 5.45. The van der Waals surface area contributed by atoms with Crippen molar-refractivity contribution in [2.75, 3.05) is 18.1 Å². The Balaban J connectivity index is 1.42. The highest BCUT2D eigenvalue weighted by atomic mass is 16.6. The molecule has 0 spiro atoms. The highest BCUT2D eigenvalue weighted by molar-refractivity contribution is 6.08. The first-order chi connectivity index (χ1) is 16.7. The summed E-state index contributed by atoms with van der Waals surface area (Å²) >= 11 is 0. The van der Waals surface area contributed by atoms with E-state index in [-0.39, 0.29) is 5.78 Å². The van der Waals surface area contributed by atoms with Crippen molar-refractivity contribution in [3.63, 3.8) is 0 Å². The van der Waals surface area contributed by atoms with Crippen molar-refractivity contribution >= 4 is 23.6 Å². The summed E-state index contributed by atoms with van der Waals surface area (Å²) in [4.78, 5) is 26.4. The minimum absolute atomic E-state index is 0.149. The molecule has 0 saturated carbocycles. The van der Waals surface area contributed by atoms with E-state index in [1.165, 1.54) is 4.90 Å². The zero-order valence-electron chi connectivity index (χ0n) is 18.5. The van der Waals surface area contributed by atoms with Gasteiger partial charge in [0.05, 0.1) is 18.8 Å². The van der Waals surface area contributed by atoms with E-state index in [0.29, 0.717) is 30.9 Å². The first-order valence-corrected chi connectivity index (χ1v) is 11.1. The molecule has 0 bridgehead atoms. The van der Waals surface area contributed by atoms with Gasteiger partial charge in [0.15, 0.2) is 5.78 Å². The van der Waals surface area contributed by atoms with Crippen LogP contribution in [0.15, 0.2) is 97.2 Å². The molecule has 1 saturated heterocycles. The number of benzene rings is 3. The van der Waals surface area contributed by atoms with Gasteiger partial charge in [0.1, 0.15) is 6.61 Å². The highest BCUT2D eigenvalue weighted by Gasteiger charge is 2.23. The van der Waals surface area contributed by atoms with Crippen molar-refractivity contribution in [3.8, 4) is 11.3 Å². The van der Waals surface area contributed by atoms with Gasteiger partial charge in [0.2, 0.25) is 0 Å². The summed E-state index contributed by atoms with van der Waals surface area (Å²) < 4.78 is 6.89. The summed E-state index contributed by atoms with van der Waals surface area (Å²) in [5, 5.41) is 4.80. The van der Waals surface area contributed by atoms with Crippen LogP contribution in [0.5, 0.6) is 0 Å². The molecule has 168 valence electrons. The van der Waals surface area contributed by atoms with Gasteiger partial charge in [-0.1, -0.05) is 72.8 Å². The normalized spacial score (nSPS) is 13.4. The van der Waals surface area contributed by atoms with Crippen LogP contribution >= 0.6 is 0 Å². The lowest BCUT2D eigenvalue weighted by atomic mass is 10.1. The minimum atomic E-state index is -0.390. The second-order valence-electron chi connectivity index (χ2n) is 8.00. The Labute approximate surface area is 197 Å². The summed E-state index contributed by atoms with van der Waals surface area (Å²) in [5.41, 5.74) is 4.96. The fourth-order valence-corrected chi connectivity index (χ4v) is 3.95. The molecule has 3 aromatic carbocycles. The maximum atomic E-state index is 13.0. The van der Waals surface area contributed by atoms with E-state index in [4.69, 9.17) is 9.84 Å². The van der Waals surface area contributed by atoms with Crippen molar-refractivity contribution in [2.45, 2.75) is 6.54 Å². The third-order valence-corrected chi connectivity index (χ3v) is 5.64. The monoisotopic (exact) mass is 449 g/mol. The molecular weight excluding hydrogens is 426 g/mol. The SMILES string of the molecule is O=C(C=Cc1cn(Cc2ccccc2)nc1-c1ccccc1)c1cccc(N2CCOC2=O)c1. The second-order valence-corrected chi connectivity index (χ2v) is 8.00. The van der Waals surface area contributed by atoms with Crippen molar-refractivity contribution in [2.24, 2.45) is 0 Å². The van der Waals surface area contributed by atoms with E-state index >= 15 is 0 Å². The number of aromatic nitrogens is 2. The van der Waals surface area contributed by atoms with Crippen molar-refractivity contribution in [1.82, 2.24) is 9.78 Å².